The minimum Gasteiger partial charge on any atom is -0.493 e. The van der Waals surface area contributed by atoms with Crippen molar-refractivity contribution in [3.63, 3.8) is 0 Å². The highest BCUT2D eigenvalue weighted by molar-refractivity contribution is 5.94. The summed E-state index contributed by atoms with van der Waals surface area (Å²) in [5.41, 5.74) is 3.09. The number of quaternary nitrogens is 1. The number of nitrogens with one attached hydrogen (secondary N) is 2. The minimum atomic E-state index is -0.349. The highest BCUT2D eigenvalue weighted by Crippen LogP contribution is 2.38. The summed E-state index contributed by atoms with van der Waals surface area (Å²) in [6, 6.07) is 11.5. The molecule has 1 amide bonds. The van der Waals surface area contributed by atoms with E-state index in [2.05, 4.69) is 10.3 Å². The Hall–Kier alpha value is -3.92. The lowest BCUT2D eigenvalue weighted by Crippen LogP contribution is -3.15. The summed E-state index contributed by atoms with van der Waals surface area (Å²) >= 11 is 0. The van der Waals surface area contributed by atoms with Gasteiger partial charge < -0.3 is 24.6 Å². The molecule has 10 heteroatoms. The van der Waals surface area contributed by atoms with E-state index in [0.29, 0.717) is 49.1 Å². The van der Waals surface area contributed by atoms with E-state index >= 15 is 0 Å². The molecule has 1 aromatic heterocycles. The lowest BCUT2D eigenvalue weighted by molar-refractivity contribution is -0.902. The largest absolute Gasteiger partial charge is 0.493 e. The van der Waals surface area contributed by atoms with Gasteiger partial charge in [0.1, 0.15) is 11.6 Å². The molecule has 3 aromatic rings. The highest BCUT2D eigenvalue weighted by atomic mass is 19.1. The molecular weight excluding hydrogens is 477 g/mol. The standard InChI is InChI=1S/C27H30FN5O4/c1-36-23-15-19-7-9-33-22(21(19)16-24(23)37-2)17-25(30-27(33)35)29-8-10-31-11-13-32(14-12-31)26(34)18-3-5-20(28)6-4-18/h3-6,15-17H,7-14H2,1-2H3,(H,29,30,35)/p+1. The van der Waals surface area contributed by atoms with Crippen LogP contribution in [0.3, 0.4) is 0 Å². The molecule has 2 aliphatic rings. The van der Waals surface area contributed by atoms with Crippen LogP contribution in [0.4, 0.5) is 10.2 Å². The van der Waals surface area contributed by atoms with E-state index in [1.54, 1.807) is 18.8 Å². The van der Waals surface area contributed by atoms with Crippen molar-refractivity contribution in [2.45, 2.75) is 13.0 Å². The number of halogens is 1. The topological polar surface area (TPSA) is 90.1 Å². The Kier molecular flexibility index (Phi) is 7.09. The number of aromatic nitrogens is 2. The van der Waals surface area contributed by atoms with Crippen LogP contribution in [-0.4, -0.2) is 73.8 Å². The maximum Gasteiger partial charge on any atom is 0.349 e. The molecule has 0 bridgehead atoms. The number of hydrogen-bond acceptors (Lipinski definition) is 6. The van der Waals surface area contributed by atoms with Crippen LogP contribution in [0.1, 0.15) is 15.9 Å². The molecular formula is C27H31FN5O4+. The summed E-state index contributed by atoms with van der Waals surface area (Å²) < 4.78 is 25.8. The number of ether oxygens (including phenoxy) is 2. The smallest absolute Gasteiger partial charge is 0.349 e. The first-order chi connectivity index (χ1) is 18.0. The second kappa shape index (κ2) is 10.6. The molecule has 1 saturated heterocycles. The molecule has 0 saturated carbocycles. The van der Waals surface area contributed by atoms with Gasteiger partial charge in [-0.05, 0) is 48.4 Å². The van der Waals surface area contributed by atoms with Gasteiger partial charge in [0.15, 0.2) is 11.5 Å². The molecule has 0 spiro atoms. The van der Waals surface area contributed by atoms with Crippen LogP contribution >= 0.6 is 0 Å². The number of anilines is 1. The van der Waals surface area contributed by atoms with E-state index in [-0.39, 0.29) is 17.4 Å². The molecule has 2 aliphatic heterocycles. The van der Waals surface area contributed by atoms with Gasteiger partial charge in [-0.2, -0.15) is 4.98 Å². The fourth-order valence-electron chi connectivity index (χ4n) is 5.05. The Morgan fingerprint density at radius 3 is 2.46 bits per heavy atom. The highest BCUT2D eigenvalue weighted by Gasteiger charge is 2.25. The lowest BCUT2D eigenvalue weighted by atomic mass is 9.97. The number of rotatable bonds is 7. The molecule has 9 nitrogen and oxygen atoms in total. The van der Waals surface area contributed by atoms with Crippen molar-refractivity contribution in [3.8, 4) is 22.8 Å². The van der Waals surface area contributed by atoms with Gasteiger partial charge in [-0.3, -0.25) is 9.36 Å². The number of benzene rings is 2. The molecule has 0 radical (unpaired) electrons. The van der Waals surface area contributed by atoms with Crippen LogP contribution in [-0.2, 0) is 13.0 Å². The van der Waals surface area contributed by atoms with Gasteiger partial charge in [-0.25, -0.2) is 9.18 Å². The first-order valence-electron chi connectivity index (χ1n) is 12.5. The average Bonchev–Trinajstić information content (AvgIpc) is 2.92. The van der Waals surface area contributed by atoms with Gasteiger partial charge in [0.25, 0.3) is 5.91 Å². The molecule has 37 heavy (non-hydrogen) atoms. The van der Waals surface area contributed by atoms with Crippen molar-refractivity contribution in [3.05, 3.63) is 69.9 Å². The Bertz CT molecular complexity index is 1350. The van der Waals surface area contributed by atoms with Gasteiger partial charge in [-0.15, -0.1) is 0 Å². The minimum absolute atomic E-state index is 0.0644. The Morgan fingerprint density at radius 1 is 1.05 bits per heavy atom. The van der Waals surface area contributed by atoms with E-state index < -0.39 is 0 Å². The zero-order valence-corrected chi connectivity index (χ0v) is 21.1. The number of piperazine rings is 1. The van der Waals surface area contributed by atoms with E-state index in [1.807, 2.05) is 23.1 Å². The second-order valence-corrected chi connectivity index (χ2v) is 9.30. The third-order valence-electron chi connectivity index (χ3n) is 7.13. The third-order valence-corrected chi connectivity index (χ3v) is 7.13. The van der Waals surface area contributed by atoms with E-state index in [4.69, 9.17) is 9.47 Å². The Morgan fingerprint density at radius 2 is 1.76 bits per heavy atom. The second-order valence-electron chi connectivity index (χ2n) is 9.30. The maximum absolute atomic E-state index is 13.1. The van der Waals surface area contributed by atoms with Crippen molar-refractivity contribution in [2.75, 3.05) is 58.8 Å². The summed E-state index contributed by atoms with van der Waals surface area (Å²) in [6.07, 6.45) is 0.718. The maximum atomic E-state index is 13.1. The molecule has 0 aliphatic carbocycles. The molecule has 2 N–H and O–H groups in total. The third kappa shape index (κ3) is 5.15. The number of nitrogens with zero attached hydrogens (tertiary/aromatic N) is 3. The fourth-order valence-corrected chi connectivity index (χ4v) is 5.05. The predicted octanol–water partition coefficient (Wildman–Crippen LogP) is 1.08. The van der Waals surface area contributed by atoms with Gasteiger partial charge in [0, 0.05) is 23.7 Å². The molecule has 194 valence electrons. The summed E-state index contributed by atoms with van der Waals surface area (Å²) in [6.45, 7) is 4.98. The van der Waals surface area contributed by atoms with Crippen molar-refractivity contribution in [2.24, 2.45) is 0 Å². The van der Waals surface area contributed by atoms with Crippen molar-refractivity contribution < 1.29 is 23.6 Å². The molecule has 1 fully saturated rings. The first-order valence-corrected chi connectivity index (χ1v) is 12.5. The van der Waals surface area contributed by atoms with E-state index in [1.165, 1.54) is 29.2 Å². The number of fused-ring (bicyclic) bond motifs is 3. The van der Waals surface area contributed by atoms with Crippen LogP contribution in [0.25, 0.3) is 11.3 Å². The molecule has 5 rings (SSSR count). The van der Waals surface area contributed by atoms with Crippen molar-refractivity contribution in [1.82, 2.24) is 14.5 Å². The predicted molar refractivity (Wildman–Crippen MR) is 137 cm³/mol. The SMILES string of the molecule is COc1cc2c(cc1OC)-c1cc(NCC[NH+]3CCN(C(=O)c4ccc(F)cc4)CC3)nc(=O)n1CC2. The van der Waals surface area contributed by atoms with Crippen LogP contribution in [0.2, 0.25) is 0 Å². The molecule has 3 heterocycles. The number of methoxy groups -OCH3 is 2. The summed E-state index contributed by atoms with van der Waals surface area (Å²) in [4.78, 5) is 32.9. The fraction of sp³-hybridized carbons (Fsp3) is 0.370. The lowest BCUT2D eigenvalue weighted by Gasteiger charge is -2.32. The number of aryl methyl sites for hydroxylation is 1. The summed E-state index contributed by atoms with van der Waals surface area (Å²) in [5.74, 6) is 1.42. The van der Waals surface area contributed by atoms with Gasteiger partial charge >= 0.3 is 5.69 Å². The van der Waals surface area contributed by atoms with Crippen LogP contribution < -0.4 is 25.4 Å². The van der Waals surface area contributed by atoms with Crippen LogP contribution in [0.5, 0.6) is 11.5 Å². The van der Waals surface area contributed by atoms with Crippen LogP contribution in [0.15, 0.2) is 47.3 Å². The van der Waals surface area contributed by atoms with Crippen molar-refractivity contribution in [1.29, 1.82) is 0 Å². The quantitative estimate of drug-likeness (QED) is 0.497. The number of carbonyl (C=O) groups excluding carboxylic acids is 1. The van der Waals surface area contributed by atoms with Gasteiger partial charge in [0.05, 0.1) is 59.2 Å². The molecule has 0 atom stereocenters. The first kappa shape index (κ1) is 24.8. The number of carbonyl (C=O) groups is 1. The Balaban J connectivity index is 1.20. The number of hydrogen-bond donors (Lipinski definition) is 2. The number of amides is 1. The van der Waals surface area contributed by atoms with Gasteiger partial charge in [-0.1, -0.05) is 0 Å². The Labute approximate surface area is 214 Å². The zero-order valence-electron chi connectivity index (χ0n) is 21.1. The average molecular weight is 509 g/mol. The van der Waals surface area contributed by atoms with Crippen LogP contribution in [0, 0.1) is 5.82 Å². The molecule has 2 aromatic carbocycles. The van der Waals surface area contributed by atoms with Crippen molar-refractivity contribution >= 4 is 11.7 Å². The normalized spacial score (nSPS) is 15.1. The summed E-state index contributed by atoms with van der Waals surface area (Å²) in [5, 5.41) is 3.31. The zero-order chi connectivity index (χ0) is 25.9. The molecule has 0 unspecified atom stereocenters. The summed E-state index contributed by atoms with van der Waals surface area (Å²) in [7, 11) is 3.21. The monoisotopic (exact) mass is 508 g/mol. The van der Waals surface area contributed by atoms with Gasteiger partial charge in [0.2, 0.25) is 0 Å². The van der Waals surface area contributed by atoms with E-state index in [9.17, 15) is 14.0 Å². The van der Waals surface area contributed by atoms with E-state index in [0.717, 1.165) is 42.9 Å².